The first kappa shape index (κ1) is 12.2. The second-order valence-electron chi connectivity index (χ2n) is 3.99. The van der Waals surface area contributed by atoms with E-state index in [9.17, 15) is 4.79 Å². The molecule has 18 heavy (non-hydrogen) atoms. The smallest absolute Gasteiger partial charge is 0.450 e. The van der Waals surface area contributed by atoms with Gasteiger partial charge in [0.1, 0.15) is 6.61 Å². The summed E-state index contributed by atoms with van der Waals surface area (Å²) >= 11 is 0. The molecule has 0 amide bonds. The summed E-state index contributed by atoms with van der Waals surface area (Å²) in [6.45, 7) is 2.03. The Morgan fingerprint density at radius 3 is 2.72 bits per heavy atom. The minimum Gasteiger partial charge on any atom is -0.450 e. The molecule has 0 heterocycles. The van der Waals surface area contributed by atoms with Crippen molar-refractivity contribution in [2.24, 2.45) is 0 Å². The molecule has 0 radical (unpaired) electrons. The Morgan fingerprint density at radius 2 is 1.94 bits per heavy atom. The molecule has 0 spiro atoms. The number of hydrogen-bond acceptors (Lipinski definition) is 2. The van der Waals surface area contributed by atoms with Crippen molar-refractivity contribution in [3.05, 3.63) is 54.1 Å². The fourth-order valence-electron chi connectivity index (χ4n) is 1.92. The Balaban J connectivity index is 2.32. The highest BCUT2D eigenvalue weighted by Crippen LogP contribution is 2.24. The van der Waals surface area contributed by atoms with Gasteiger partial charge >= 0.3 is 6.16 Å². The first-order valence-corrected chi connectivity index (χ1v) is 5.69. The molecule has 0 aliphatic heterocycles. The highest BCUT2D eigenvalue weighted by molar-refractivity contribution is 5.93. The van der Waals surface area contributed by atoms with Crippen LogP contribution in [0.25, 0.3) is 16.3 Å². The SMILES string of the molecule is CC(=CCOC(=O)O)c1cccc2ccccc12. The highest BCUT2D eigenvalue weighted by atomic mass is 16.7. The summed E-state index contributed by atoms with van der Waals surface area (Å²) < 4.78 is 4.49. The van der Waals surface area contributed by atoms with Gasteiger partial charge in [-0.1, -0.05) is 42.5 Å². The van der Waals surface area contributed by atoms with Crippen LogP contribution in [0.3, 0.4) is 0 Å². The van der Waals surface area contributed by atoms with Gasteiger partial charge in [-0.3, -0.25) is 0 Å². The number of rotatable bonds is 3. The van der Waals surface area contributed by atoms with Crippen molar-refractivity contribution in [2.75, 3.05) is 6.61 Å². The summed E-state index contributed by atoms with van der Waals surface area (Å²) in [7, 11) is 0. The standard InChI is InChI=1S/C15H14O3/c1-11(9-10-18-15(16)17)13-8-4-6-12-5-2-3-7-14(12)13/h2-9H,10H2,1H3,(H,16,17). The number of allylic oxidation sites excluding steroid dienone is 1. The van der Waals surface area contributed by atoms with Crippen LogP contribution in [-0.4, -0.2) is 17.9 Å². The van der Waals surface area contributed by atoms with Gasteiger partial charge in [-0.05, 0) is 34.9 Å². The Bertz CT molecular complexity index is 594. The third kappa shape index (κ3) is 2.69. The Hall–Kier alpha value is -2.29. The van der Waals surface area contributed by atoms with Crippen LogP contribution in [0.1, 0.15) is 12.5 Å². The molecule has 0 fully saturated rings. The van der Waals surface area contributed by atoms with E-state index in [0.29, 0.717) is 0 Å². The van der Waals surface area contributed by atoms with Crippen LogP contribution in [0.4, 0.5) is 4.79 Å². The van der Waals surface area contributed by atoms with Crippen LogP contribution in [-0.2, 0) is 4.74 Å². The van der Waals surface area contributed by atoms with Crippen molar-refractivity contribution in [3.8, 4) is 0 Å². The molecule has 0 aliphatic carbocycles. The molecule has 3 heteroatoms. The minimum absolute atomic E-state index is 0.0738. The fourth-order valence-corrected chi connectivity index (χ4v) is 1.92. The molecule has 0 aromatic heterocycles. The lowest BCUT2D eigenvalue weighted by Crippen LogP contribution is -1.99. The van der Waals surface area contributed by atoms with Gasteiger partial charge in [-0.15, -0.1) is 0 Å². The van der Waals surface area contributed by atoms with E-state index in [1.165, 1.54) is 5.39 Å². The molecule has 2 aromatic carbocycles. The number of carboxylic acid groups (broad SMARTS) is 1. The minimum atomic E-state index is -1.25. The molecule has 0 unspecified atom stereocenters. The Kier molecular flexibility index (Phi) is 3.63. The van der Waals surface area contributed by atoms with E-state index in [-0.39, 0.29) is 6.61 Å². The molecule has 3 nitrogen and oxygen atoms in total. The monoisotopic (exact) mass is 242 g/mol. The van der Waals surface area contributed by atoms with E-state index in [0.717, 1.165) is 16.5 Å². The molecule has 0 saturated carbocycles. The van der Waals surface area contributed by atoms with Crippen molar-refractivity contribution >= 4 is 22.5 Å². The topological polar surface area (TPSA) is 46.5 Å². The van der Waals surface area contributed by atoms with E-state index in [2.05, 4.69) is 22.9 Å². The molecule has 92 valence electrons. The van der Waals surface area contributed by atoms with Crippen LogP contribution < -0.4 is 0 Å². The van der Waals surface area contributed by atoms with E-state index < -0.39 is 6.16 Å². The third-order valence-electron chi connectivity index (χ3n) is 2.81. The lowest BCUT2D eigenvalue weighted by Gasteiger charge is -2.07. The zero-order chi connectivity index (χ0) is 13.0. The van der Waals surface area contributed by atoms with Crippen LogP contribution in [0, 0.1) is 0 Å². The summed E-state index contributed by atoms with van der Waals surface area (Å²) in [6.07, 6.45) is 0.521. The van der Waals surface area contributed by atoms with E-state index in [1.807, 2.05) is 31.2 Å². The maximum Gasteiger partial charge on any atom is 0.506 e. The van der Waals surface area contributed by atoms with Gasteiger partial charge in [-0.2, -0.15) is 0 Å². The van der Waals surface area contributed by atoms with Crippen LogP contribution in [0.2, 0.25) is 0 Å². The summed E-state index contributed by atoms with van der Waals surface area (Å²) in [5.74, 6) is 0. The molecule has 0 atom stereocenters. The predicted octanol–water partition coefficient (Wildman–Crippen LogP) is 3.94. The van der Waals surface area contributed by atoms with Crippen molar-refractivity contribution in [2.45, 2.75) is 6.92 Å². The second-order valence-corrected chi connectivity index (χ2v) is 3.99. The quantitative estimate of drug-likeness (QED) is 0.829. The average Bonchev–Trinajstić information content (AvgIpc) is 2.37. The normalized spacial score (nSPS) is 11.5. The lowest BCUT2D eigenvalue weighted by atomic mass is 9.99. The largest absolute Gasteiger partial charge is 0.506 e. The Labute approximate surface area is 105 Å². The van der Waals surface area contributed by atoms with Crippen molar-refractivity contribution in [1.29, 1.82) is 0 Å². The molecular weight excluding hydrogens is 228 g/mol. The molecule has 2 aromatic rings. The number of ether oxygens (including phenoxy) is 1. The first-order chi connectivity index (χ1) is 8.68. The number of fused-ring (bicyclic) bond motifs is 1. The maximum absolute atomic E-state index is 10.3. The van der Waals surface area contributed by atoms with Crippen molar-refractivity contribution in [1.82, 2.24) is 0 Å². The highest BCUT2D eigenvalue weighted by Gasteiger charge is 2.02. The molecule has 1 N–H and O–H groups in total. The summed E-state index contributed by atoms with van der Waals surface area (Å²) in [6, 6.07) is 14.2. The zero-order valence-corrected chi connectivity index (χ0v) is 10.1. The second kappa shape index (κ2) is 5.36. The van der Waals surface area contributed by atoms with Gasteiger partial charge in [0.05, 0.1) is 0 Å². The number of carbonyl (C=O) groups is 1. The van der Waals surface area contributed by atoms with Crippen LogP contribution in [0.15, 0.2) is 48.5 Å². The first-order valence-electron chi connectivity index (χ1n) is 5.69. The molecule has 0 bridgehead atoms. The van der Waals surface area contributed by atoms with Gasteiger partial charge in [0.25, 0.3) is 0 Å². The number of hydrogen-bond donors (Lipinski definition) is 1. The fraction of sp³-hybridized carbons (Fsp3) is 0.133. The van der Waals surface area contributed by atoms with Crippen LogP contribution >= 0.6 is 0 Å². The van der Waals surface area contributed by atoms with Crippen LogP contribution in [0.5, 0.6) is 0 Å². The average molecular weight is 242 g/mol. The number of benzene rings is 2. The molecule has 2 rings (SSSR count). The zero-order valence-electron chi connectivity index (χ0n) is 10.1. The van der Waals surface area contributed by atoms with Gasteiger partial charge in [-0.25, -0.2) is 4.79 Å². The summed E-state index contributed by atoms with van der Waals surface area (Å²) in [5, 5.41) is 10.7. The lowest BCUT2D eigenvalue weighted by molar-refractivity contribution is 0.102. The van der Waals surface area contributed by atoms with E-state index in [4.69, 9.17) is 5.11 Å². The van der Waals surface area contributed by atoms with E-state index >= 15 is 0 Å². The van der Waals surface area contributed by atoms with Gasteiger partial charge < -0.3 is 9.84 Å². The van der Waals surface area contributed by atoms with Gasteiger partial charge in [0, 0.05) is 0 Å². The molecule has 0 aliphatic rings. The van der Waals surface area contributed by atoms with Crippen molar-refractivity contribution < 1.29 is 14.6 Å². The molecule has 0 saturated heterocycles. The van der Waals surface area contributed by atoms with Gasteiger partial charge in [0.15, 0.2) is 0 Å². The molecular formula is C15H14O3. The maximum atomic E-state index is 10.3. The van der Waals surface area contributed by atoms with E-state index in [1.54, 1.807) is 6.08 Å². The summed E-state index contributed by atoms with van der Waals surface area (Å²) in [5.41, 5.74) is 2.11. The van der Waals surface area contributed by atoms with Crippen molar-refractivity contribution in [3.63, 3.8) is 0 Å². The third-order valence-corrected chi connectivity index (χ3v) is 2.81. The van der Waals surface area contributed by atoms with Gasteiger partial charge in [0.2, 0.25) is 0 Å². The summed E-state index contributed by atoms with van der Waals surface area (Å²) in [4.78, 5) is 10.3. The Morgan fingerprint density at radius 1 is 1.22 bits per heavy atom. The predicted molar refractivity (Wildman–Crippen MR) is 71.6 cm³/mol.